The molecule has 1 aliphatic rings. The minimum atomic E-state index is -3.41. The maximum Gasteiger partial charge on any atom is 0.244 e. The molecule has 3 rings (SSSR count). The van der Waals surface area contributed by atoms with E-state index >= 15 is 0 Å². The summed E-state index contributed by atoms with van der Waals surface area (Å²) >= 11 is 0. The molecule has 2 heterocycles. The number of likely N-dealkylation sites (N-methyl/N-ethyl adjacent to an activating group) is 1. The van der Waals surface area contributed by atoms with E-state index in [1.165, 1.54) is 11.8 Å². The van der Waals surface area contributed by atoms with Gasteiger partial charge in [-0.15, -0.1) is 0 Å². The van der Waals surface area contributed by atoms with Crippen LogP contribution in [-0.4, -0.2) is 62.4 Å². The fourth-order valence-corrected chi connectivity index (χ4v) is 4.72. The van der Waals surface area contributed by atoms with E-state index < -0.39 is 10.0 Å². The number of hydrogen-bond acceptors (Lipinski definition) is 5. The van der Waals surface area contributed by atoms with Crippen molar-refractivity contribution in [3.8, 4) is 0 Å². The first-order chi connectivity index (χ1) is 13.0. The van der Waals surface area contributed by atoms with Gasteiger partial charge >= 0.3 is 0 Å². The van der Waals surface area contributed by atoms with Gasteiger partial charge < -0.3 is 10.2 Å². The van der Waals surface area contributed by atoms with Crippen molar-refractivity contribution < 1.29 is 8.42 Å². The van der Waals surface area contributed by atoms with Crippen LogP contribution in [0.4, 0.5) is 5.82 Å². The molecule has 1 saturated heterocycles. The lowest BCUT2D eigenvalue weighted by atomic mass is 10.1. The highest BCUT2D eigenvalue weighted by Gasteiger charge is 2.27. The molecule has 0 bridgehead atoms. The molecule has 1 fully saturated rings. The van der Waals surface area contributed by atoms with Crippen LogP contribution in [0.5, 0.6) is 0 Å². The number of rotatable bonds is 8. The Kier molecular flexibility index (Phi) is 6.46. The monoisotopic (exact) mass is 388 g/mol. The van der Waals surface area contributed by atoms with Gasteiger partial charge in [-0.1, -0.05) is 30.3 Å². The Balaban J connectivity index is 1.61. The van der Waals surface area contributed by atoms with Crippen molar-refractivity contribution in [1.29, 1.82) is 0 Å². The van der Waals surface area contributed by atoms with Gasteiger partial charge in [-0.25, -0.2) is 13.4 Å². The van der Waals surface area contributed by atoms with Crippen LogP contribution in [0, 0.1) is 0 Å². The van der Waals surface area contributed by atoms with Crippen LogP contribution in [0.15, 0.2) is 53.6 Å². The Hall–Kier alpha value is -1.96. The number of benzene rings is 1. The van der Waals surface area contributed by atoms with Crippen LogP contribution in [-0.2, 0) is 16.4 Å². The van der Waals surface area contributed by atoms with E-state index in [0.29, 0.717) is 24.9 Å². The minimum absolute atomic E-state index is 0.267. The molecule has 1 aromatic heterocycles. The van der Waals surface area contributed by atoms with E-state index in [1.54, 1.807) is 16.4 Å². The summed E-state index contributed by atoms with van der Waals surface area (Å²) in [6.45, 7) is 1.94. The molecule has 1 N–H and O–H groups in total. The van der Waals surface area contributed by atoms with E-state index in [-0.39, 0.29) is 4.90 Å². The molecule has 0 amide bonds. The predicted molar refractivity (Wildman–Crippen MR) is 108 cm³/mol. The van der Waals surface area contributed by atoms with Crippen molar-refractivity contribution in [2.75, 3.05) is 39.0 Å². The maximum absolute atomic E-state index is 12.6. The topological polar surface area (TPSA) is 65.5 Å². The van der Waals surface area contributed by atoms with E-state index in [4.69, 9.17) is 0 Å². The van der Waals surface area contributed by atoms with E-state index in [2.05, 4.69) is 53.6 Å². The van der Waals surface area contributed by atoms with Crippen molar-refractivity contribution in [3.05, 3.63) is 54.2 Å². The molecule has 27 heavy (non-hydrogen) atoms. The number of nitrogens with one attached hydrogen (secondary N) is 1. The van der Waals surface area contributed by atoms with Gasteiger partial charge in [-0.3, -0.25) is 0 Å². The number of pyridine rings is 1. The van der Waals surface area contributed by atoms with Crippen molar-refractivity contribution >= 4 is 15.8 Å². The predicted octanol–water partition coefficient (Wildman–Crippen LogP) is 2.45. The Morgan fingerprint density at radius 3 is 2.41 bits per heavy atom. The number of sulfonamides is 1. The number of anilines is 1. The molecule has 0 aliphatic carbocycles. The lowest BCUT2D eigenvalue weighted by molar-refractivity contribution is 0.303. The summed E-state index contributed by atoms with van der Waals surface area (Å²) in [6.07, 6.45) is 4.25. The Labute approximate surface area is 162 Å². The highest BCUT2D eigenvalue weighted by atomic mass is 32.2. The summed E-state index contributed by atoms with van der Waals surface area (Å²) in [5.74, 6) is 0.690. The second kappa shape index (κ2) is 8.82. The first-order valence-corrected chi connectivity index (χ1v) is 10.8. The summed E-state index contributed by atoms with van der Waals surface area (Å²) in [4.78, 5) is 6.77. The second-order valence-corrected chi connectivity index (χ2v) is 9.12. The van der Waals surface area contributed by atoms with Gasteiger partial charge in [0, 0.05) is 31.9 Å². The molecule has 1 unspecified atom stereocenters. The van der Waals surface area contributed by atoms with E-state index in [1.807, 2.05) is 6.07 Å². The zero-order chi connectivity index (χ0) is 19.3. The van der Waals surface area contributed by atoms with Gasteiger partial charge in [0.2, 0.25) is 10.0 Å². The third-order valence-electron chi connectivity index (χ3n) is 5.00. The third kappa shape index (κ3) is 5.06. The van der Waals surface area contributed by atoms with Crippen LogP contribution < -0.4 is 5.32 Å². The zero-order valence-electron chi connectivity index (χ0n) is 16.0. The molecule has 1 aliphatic heterocycles. The van der Waals surface area contributed by atoms with Crippen molar-refractivity contribution in [2.24, 2.45) is 0 Å². The summed E-state index contributed by atoms with van der Waals surface area (Å²) in [6, 6.07) is 14.1. The highest BCUT2D eigenvalue weighted by molar-refractivity contribution is 7.89. The minimum Gasteiger partial charge on any atom is -0.368 e. The van der Waals surface area contributed by atoms with Gasteiger partial charge in [0.05, 0.1) is 0 Å². The molecular formula is C20H28N4O2S. The molecule has 1 atom stereocenters. The van der Waals surface area contributed by atoms with Gasteiger partial charge in [0.15, 0.2) is 0 Å². The average molecular weight is 389 g/mol. The van der Waals surface area contributed by atoms with Gasteiger partial charge in [0.1, 0.15) is 10.7 Å². The number of aromatic nitrogens is 1. The highest BCUT2D eigenvalue weighted by Crippen LogP contribution is 2.21. The molecule has 146 valence electrons. The maximum atomic E-state index is 12.6. The van der Waals surface area contributed by atoms with E-state index in [0.717, 1.165) is 25.8 Å². The van der Waals surface area contributed by atoms with Crippen molar-refractivity contribution in [3.63, 3.8) is 0 Å². The van der Waals surface area contributed by atoms with Crippen molar-refractivity contribution in [1.82, 2.24) is 14.2 Å². The largest absolute Gasteiger partial charge is 0.368 e. The quantitative estimate of drug-likeness (QED) is 0.752. The van der Waals surface area contributed by atoms with Crippen LogP contribution in [0.25, 0.3) is 0 Å². The molecule has 6 nitrogen and oxygen atoms in total. The van der Waals surface area contributed by atoms with Gasteiger partial charge in [-0.2, -0.15) is 4.31 Å². The number of nitrogens with zero attached hydrogens (tertiary/aromatic N) is 3. The Bertz CT molecular complexity index is 817. The summed E-state index contributed by atoms with van der Waals surface area (Å²) in [5.41, 5.74) is 1.29. The fraction of sp³-hybridized carbons (Fsp3) is 0.450. The van der Waals surface area contributed by atoms with Crippen LogP contribution in [0.2, 0.25) is 0 Å². The lowest BCUT2D eigenvalue weighted by Crippen LogP contribution is -2.36. The Morgan fingerprint density at radius 2 is 1.81 bits per heavy atom. The summed E-state index contributed by atoms with van der Waals surface area (Å²) in [7, 11) is 0.722. The fourth-order valence-electron chi connectivity index (χ4n) is 3.26. The Morgan fingerprint density at radius 1 is 1.11 bits per heavy atom. The van der Waals surface area contributed by atoms with E-state index in [9.17, 15) is 8.42 Å². The van der Waals surface area contributed by atoms with Crippen LogP contribution >= 0.6 is 0 Å². The van der Waals surface area contributed by atoms with Crippen molar-refractivity contribution in [2.45, 2.75) is 30.2 Å². The summed E-state index contributed by atoms with van der Waals surface area (Å²) < 4.78 is 26.7. The van der Waals surface area contributed by atoms with Gasteiger partial charge in [0.25, 0.3) is 0 Å². The van der Waals surface area contributed by atoms with Crippen LogP contribution in [0.3, 0.4) is 0 Å². The summed E-state index contributed by atoms with van der Waals surface area (Å²) in [5, 5.41) is 3.33. The molecule has 1 aromatic carbocycles. The smallest absolute Gasteiger partial charge is 0.244 e. The first-order valence-electron chi connectivity index (χ1n) is 9.37. The molecule has 0 radical (unpaired) electrons. The molecule has 7 heteroatoms. The van der Waals surface area contributed by atoms with Crippen LogP contribution in [0.1, 0.15) is 18.4 Å². The lowest BCUT2D eigenvalue weighted by Gasteiger charge is -2.25. The zero-order valence-corrected chi connectivity index (χ0v) is 16.8. The average Bonchev–Trinajstić information content (AvgIpc) is 3.22. The standard InChI is InChI=1S/C20H28N4O2S/c1-23(2)18(14-17-8-4-3-5-9-17)15-21-20-11-10-19(16-22-20)27(25,26)24-12-6-7-13-24/h3-5,8-11,16,18H,6-7,12-15H2,1-2H3,(H,21,22). The third-order valence-corrected chi connectivity index (χ3v) is 6.88. The molecule has 2 aromatic rings. The molecular weight excluding hydrogens is 360 g/mol. The SMILES string of the molecule is CN(C)C(CNc1ccc(S(=O)(=O)N2CCCC2)cn1)Cc1ccccc1. The normalized spacial score (nSPS) is 16.6. The molecule has 0 saturated carbocycles. The second-order valence-electron chi connectivity index (χ2n) is 7.18. The number of hydrogen-bond donors (Lipinski definition) is 1. The first kappa shape index (κ1) is 19.8. The van der Waals surface area contributed by atoms with Gasteiger partial charge in [-0.05, 0) is 51.1 Å². The molecule has 0 spiro atoms.